The molecular formula is C20H9BrClF3N2O3. The molecule has 0 aliphatic rings. The molecule has 1 N–H and O–H groups in total. The summed E-state index contributed by atoms with van der Waals surface area (Å²) in [5.41, 5.74) is -3.17. The van der Waals surface area contributed by atoms with E-state index in [2.05, 4.69) is 15.9 Å². The second-order valence-corrected chi connectivity index (χ2v) is 7.41. The van der Waals surface area contributed by atoms with Crippen LogP contribution in [0.15, 0.2) is 57.9 Å². The standard InChI is InChI=1S/C20H9BrClF3N2O3/c21-13-2-4-17(28)14(7-13)18(29)11-5-10(8-26)19(30)27(9-11)16-6-12(20(23,24)25)1-3-15(16)22/h1-7,9,28H. The van der Waals surface area contributed by atoms with Gasteiger partial charge in [0.2, 0.25) is 0 Å². The Kier molecular flexibility index (Phi) is 5.74. The lowest BCUT2D eigenvalue weighted by atomic mass is 10.0. The number of hydrogen-bond donors (Lipinski definition) is 1. The summed E-state index contributed by atoms with van der Waals surface area (Å²) in [6, 6.07) is 9.08. The summed E-state index contributed by atoms with van der Waals surface area (Å²) in [4.78, 5) is 25.5. The van der Waals surface area contributed by atoms with E-state index >= 15 is 0 Å². The van der Waals surface area contributed by atoms with E-state index in [1.807, 2.05) is 0 Å². The number of hydrogen-bond acceptors (Lipinski definition) is 4. The Morgan fingerprint density at radius 1 is 1.17 bits per heavy atom. The molecule has 5 nitrogen and oxygen atoms in total. The first kappa shape index (κ1) is 21.6. The minimum atomic E-state index is -4.70. The molecule has 2 aromatic carbocycles. The lowest BCUT2D eigenvalue weighted by Crippen LogP contribution is -2.23. The summed E-state index contributed by atoms with van der Waals surface area (Å²) in [5, 5.41) is 19.1. The summed E-state index contributed by atoms with van der Waals surface area (Å²) in [6.07, 6.45) is -3.72. The van der Waals surface area contributed by atoms with Crippen LogP contribution in [0, 0.1) is 11.3 Å². The van der Waals surface area contributed by atoms with E-state index in [-0.39, 0.29) is 27.6 Å². The van der Waals surface area contributed by atoms with Crippen molar-refractivity contribution in [2.75, 3.05) is 0 Å². The number of rotatable bonds is 3. The van der Waals surface area contributed by atoms with Gasteiger partial charge in [-0.3, -0.25) is 14.2 Å². The number of aromatic nitrogens is 1. The minimum Gasteiger partial charge on any atom is -0.507 e. The summed E-state index contributed by atoms with van der Waals surface area (Å²) >= 11 is 9.17. The summed E-state index contributed by atoms with van der Waals surface area (Å²) < 4.78 is 40.5. The molecule has 0 spiro atoms. The third-order valence-electron chi connectivity index (χ3n) is 4.14. The number of phenolic OH excluding ortho intramolecular Hbond substituents is 1. The number of alkyl halides is 3. The molecule has 10 heteroatoms. The van der Waals surface area contributed by atoms with Crippen LogP contribution in [-0.4, -0.2) is 15.5 Å². The molecule has 3 rings (SSSR count). The highest BCUT2D eigenvalue weighted by Crippen LogP contribution is 2.33. The second-order valence-electron chi connectivity index (χ2n) is 6.08. The van der Waals surface area contributed by atoms with Crippen LogP contribution in [-0.2, 0) is 6.18 Å². The molecule has 0 amide bonds. The molecule has 1 heterocycles. The maximum absolute atomic E-state index is 13.1. The van der Waals surface area contributed by atoms with Crippen LogP contribution in [0.25, 0.3) is 5.69 Å². The van der Waals surface area contributed by atoms with E-state index in [1.54, 1.807) is 6.07 Å². The molecule has 30 heavy (non-hydrogen) atoms. The number of ketones is 1. The van der Waals surface area contributed by atoms with Crippen molar-refractivity contribution < 1.29 is 23.1 Å². The molecule has 0 aliphatic heterocycles. The van der Waals surface area contributed by atoms with E-state index in [4.69, 9.17) is 11.6 Å². The first-order valence-electron chi connectivity index (χ1n) is 8.10. The van der Waals surface area contributed by atoms with Gasteiger partial charge in [0.25, 0.3) is 5.56 Å². The van der Waals surface area contributed by atoms with Crippen LogP contribution < -0.4 is 5.56 Å². The molecule has 0 saturated heterocycles. The second kappa shape index (κ2) is 7.97. The van der Waals surface area contributed by atoms with E-state index in [9.17, 15) is 33.1 Å². The quantitative estimate of drug-likeness (QED) is 0.512. The van der Waals surface area contributed by atoms with Crippen LogP contribution in [0.3, 0.4) is 0 Å². The Balaban J connectivity index is 2.26. The minimum absolute atomic E-state index is 0.131. The Morgan fingerprint density at radius 3 is 2.50 bits per heavy atom. The number of halogens is 5. The van der Waals surface area contributed by atoms with Gasteiger partial charge in [-0.2, -0.15) is 18.4 Å². The Bertz CT molecular complexity index is 1280. The summed E-state index contributed by atoms with van der Waals surface area (Å²) in [7, 11) is 0. The zero-order valence-electron chi connectivity index (χ0n) is 14.7. The van der Waals surface area contributed by atoms with Crippen LogP contribution >= 0.6 is 27.5 Å². The van der Waals surface area contributed by atoms with Gasteiger partial charge in [-0.1, -0.05) is 27.5 Å². The van der Waals surface area contributed by atoms with E-state index in [0.29, 0.717) is 15.1 Å². The molecular weight excluding hydrogens is 489 g/mol. The van der Waals surface area contributed by atoms with Crippen molar-refractivity contribution in [1.29, 1.82) is 5.26 Å². The third kappa shape index (κ3) is 4.10. The number of phenols is 1. The molecule has 1 aromatic heterocycles. The van der Waals surface area contributed by atoms with Crippen molar-refractivity contribution in [2.24, 2.45) is 0 Å². The Labute approximate surface area is 180 Å². The molecule has 152 valence electrons. The van der Waals surface area contributed by atoms with Crippen molar-refractivity contribution in [3.8, 4) is 17.5 Å². The highest BCUT2D eigenvalue weighted by Gasteiger charge is 2.31. The van der Waals surface area contributed by atoms with Gasteiger partial charge in [0.05, 0.1) is 21.8 Å². The molecule has 0 atom stereocenters. The van der Waals surface area contributed by atoms with Gasteiger partial charge in [0.15, 0.2) is 5.78 Å². The average Bonchev–Trinajstić information content (AvgIpc) is 2.69. The fourth-order valence-electron chi connectivity index (χ4n) is 2.68. The molecule has 0 aliphatic carbocycles. The molecule has 0 unspecified atom stereocenters. The number of nitriles is 1. The monoisotopic (exact) mass is 496 g/mol. The fraction of sp³-hybridized carbons (Fsp3) is 0.0500. The summed E-state index contributed by atoms with van der Waals surface area (Å²) in [5.74, 6) is -1.10. The van der Waals surface area contributed by atoms with Crippen molar-refractivity contribution in [1.82, 2.24) is 4.57 Å². The fourth-order valence-corrected chi connectivity index (χ4v) is 3.25. The lowest BCUT2D eigenvalue weighted by Gasteiger charge is -2.14. The SMILES string of the molecule is N#Cc1cc(C(=O)c2cc(Br)ccc2O)cn(-c2cc(C(F)(F)F)ccc2Cl)c1=O. The Hall–Kier alpha value is -3.09. The van der Waals surface area contributed by atoms with Crippen molar-refractivity contribution in [3.63, 3.8) is 0 Å². The summed E-state index contributed by atoms with van der Waals surface area (Å²) in [6.45, 7) is 0. The zero-order chi connectivity index (χ0) is 22.2. The Morgan fingerprint density at radius 2 is 1.87 bits per heavy atom. The van der Waals surface area contributed by atoms with Crippen LogP contribution in [0.5, 0.6) is 5.75 Å². The topological polar surface area (TPSA) is 83.1 Å². The smallest absolute Gasteiger partial charge is 0.416 e. The first-order valence-corrected chi connectivity index (χ1v) is 9.27. The molecule has 3 aromatic rings. The van der Waals surface area contributed by atoms with E-state index in [1.165, 1.54) is 18.2 Å². The van der Waals surface area contributed by atoms with E-state index < -0.39 is 28.6 Å². The van der Waals surface area contributed by atoms with Crippen LogP contribution in [0.4, 0.5) is 13.2 Å². The van der Waals surface area contributed by atoms with Crippen molar-refractivity contribution >= 4 is 33.3 Å². The molecule has 0 radical (unpaired) electrons. The van der Waals surface area contributed by atoms with Crippen molar-refractivity contribution in [3.05, 3.63) is 90.8 Å². The van der Waals surface area contributed by atoms with Gasteiger partial charge in [-0.25, -0.2) is 0 Å². The number of nitrogens with zero attached hydrogens (tertiary/aromatic N) is 2. The molecule has 0 fully saturated rings. The van der Waals surface area contributed by atoms with Gasteiger partial charge in [0.1, 0.15) is 17.4 Å². The normalized spacial score (nSPS) is 11.2. The number of pyridine rings is 1. The highest BCUT2D eigenvalue weighted by molar-refractivity contribution is 9.10. The molecule has 0 saturated carbocycles. The van der Waals surface area contributed by atoms with E-state index in [0.717, 1.165) is 24.4 Å². The number of benzene rings is 2. The number of aromatic hydroxyl groups is 1. The van der Waals surface area contributed by atoms with Crippen LogP contribution in [0.2, 0.25) is 5.02 Å². The average molecular weight is 498 g/mol. The van der Waals surface area contributed by atoms with Gasteiger partial charge >= 0.3 is 6.18 Å². The maximum Gasteiger partial charge on any atom is 0.416 e. The first-order chi connectivity index (χ1) is 14.0. The third-order valence-corrected chi connectivity index (χ3v) is 4.95. The lowest BCUT2D eigenvalue weighted by molar-refractivity contribution is -0.137. The van der Waals surface area contributed by atoms with Crippen LogP contribution in [0.1, 0.15) is 27.0 Å². The zero-order valence-corrected chi connectivity index (χ0v) is 17.0. The largest absolute Gasteiger partial charge is 0.507 e. The predicted octanol–water partition coefficient (Wildman–Crippen LogP) is 5.08. The predicted molar refractivity (Wildman–Crippen MR) is 106 cm³/mol. The van der Waals surface area contributed by atoms with Crippen molar-refractivity contribution in [2.45, 2.75) is 6.18 Å². The number of carbonyl (C=O) groups excluding carboxylic acids is 1. The highest BCUT2D eigenvalue weighted by atomic mass is 79.9. The van der Waals surface area contributed by atoms with Gasteiger partial charge in [0, 0.05) is 16.2 Å². The number of carbonyl (C=O) groups is 1. The molecule has 0 bridgehead atoms. The van der Waals surface area contributed by atoms with Gasteiger partial charge in [-0.05, 0) is 42.5 Å². The van der Waals surface area contributed by atoms with Gasteiger partial charge < -0.3 is 5.11 Å². The maximum atomic E-state index is 13.1. The van der Waals surface area contributed by atoms with Gasteiger partial charge in [-0.15, -0.1) is 0 Å².